The summed E-state index contributed by atoms with van der Waals surface area (Å²) in [5.41, 5.74) is 5.08. The van der Waals surface area contributed by atoms with Crippen molar-refractivity contribution in [1.82, 2.24) is 15.1 Å². The van der Waals surface area contributed by atoms with Crippen molar-refractivity contribution in [3.05, 3.63) is 12.3 Å². The summed E-state index contributed by atoms with van der Waals surface area (Å²) in [6, 6.07) is 1.65. The molecule has 100 valence electrons. The number of methoxy groups -OCH3 is 1. The highest BCUT2D eigenvalue weighted by atomic mass is 16.5. The Balaban J connectivity index is 1.81. The summed E-state index contributed by atoms with van der Waals surface area (Å²) in [6.45, 7) is 1.77. The van der Waals surface area contributed by atoms with Gasteiger partial charge >= 0.3 is 0 Å². The van der Waals surface area contributed by atoms with Gasteiger partial charge in [-0.2, -0.15) is 5.10 Å². The molecule has 0 aromatic carbocycles. The number of hydrogen-bond acceptors (Lipinski definition) is 5. The topological polar surface area (TPSA) is 91.4 Å². The Hall–Kier alpha value is -1.60. The van der Waals surface area contributed by atoms with Crippen molar-refractivity contribution >= 4 is 11.7 Å². The van der Waals surface area contributed by atoms with Crippen LogP contribution in [0.3, 0.4) is 0 Å². The van der Waals surface area contributed by atoms with Gasteiger partial charge in [0.15, 0.2) is 0 Å². The van der Waals surface area contributed by atoms with Gasteiger partial charge in [-0.1, -0.05) is 0 Å². The third kappa shape index (κ3) is 2.99. The van der Waals surface area contributed by atoms with Gasteiger partial charge in [-0.25, -0.2) is 0 Å². The largest absolute Gasteiger partial charge is 0.382 e. The molecule has 1 aliphatic heterocycles. The van der Waals surface area contributed by atoms with Crippen molar-refractivity contribution in [2.75, 3.05) is 32.6 Å². The summed E-state index contributed by atoms with van der Waals surface area (Å²) in [7, 11) is 1.63. The number of hydrogen-bond donors (Lipinski definition) is 2. The highest BCUT2D eigenvalue weighted by Crippen LogP contribution is 2.21. The van der Waals surface area contributed by atoms with Crippen LogP contribution >= 0.6 is 0 Å². The first kappa shape index (κ1) is 12.8. The highest BCUT2D eigenvalue weighted by molar-refractivity contribution is 5.75. The molecule has 0 saturated carbocycles. The lowest BCUT2D eigenvalue weighted by molar-refractivity contribution is -0.123. The van der Waals surface area contributed by atoms with E-state index < -0.39 is 5.60 Å². The van der Waals surface area contributed by atoms with Gasteiger partial charge in [-0.15, -0.1) is 0 Å². The number of nitrogens with one attached hydrogen (secondary N) is 1. The quantitative estimate of drug-likeness (QED) is 0.731. The summed E-state index contributed by atoms with van der Waals surface area (Å²) >= 11 is 0. The first-order valence-corrected chi connectivity index (χ1v) is 5.82. The molecular formula is C11H18N4O3. The zero-order valence-electron chi connectivity index (χ0n) is 10.4. The van der Waals surface area contributed by atoms with Crippen molar-refractivity contribution in [3.8, 4) is 0 Å². The van der Waals surface area contributed by atoms with Gasteiger partial charge in [-0.05, 0) is 6.07 Å². The molecular weight excluding hydrogens is 236 g/mol. The second kappa shape index (κ2) is 5.36. The number of ether oxygens (including phenoxy) is 2. The Morgan fingerprint density at radius 2 is 2.61 bits per heavy atom. The fourth-order valence-corrected chi connectivity index (χ4v) is 1.89. The van der Waals surface area contributed by atoms with E-state index in [0.29, 0.717) is 25.6 Å². The molecule has 0 radical (unpaired) electrons. The first-order valence-electron chi connectivity index (χ1n) is 5.82. The van der Waals surface area contributed by atoms with E-state index >= 15 is 0 Å². The Morgan fingerprint density at radius 1 is 1.78 bits per heavy atom. The van der Waals surface area contributed by atoms with E-state index in [0.717, 1.165) is 6.42 Å². The van der Waals surface area contributed by atoms with Crippen LogP contribution in [0.25, 0.3) is 0 Å². The van der Waals surface area contributed by atoms with Crippen molar-refractivity contribution in [1.29, 1.82) is 0 Å². The molecule has 1 unspecified atom stereocenters. The number of nitrogens with zero attached hydrogens (tertiary/aromatic N) is 2. The van der Waals surface area contributed by atoms with Crippen LogP contribution in [0.4, 0.5) is 5.82 Å². The molecule has 0 bridgehead atoms. The van der Waals surface area contributed by atoms with Crippen LogP contribution in [0.5, 0.6) is 0 Å². The minimum absolute atomic E-state index is 0.124. The molecule has 0 spiro atoms. The standard InChI is InChI=1S/C11H18N4O3/c1-17-11(3-5-18-8-11)7-13-10(16)6-15-4-2-9(12)14-15/h2,4H,3,5-8H2,1H3,(H2,12,14)(H,13,16). The Morgan fingerprint density at radius 3 is 3.17 bits per heavy atom. The fourth-order valence-electron chi connectivity index (χ4n) is 1.89. The first-order chi connectivity index (χ1) is 8.63. The van der Waals surface area contributed by atoms with Crippen molar-refractivity contribution in [3.63, 3.8) is 0 Å². The van der Waals surface area contributed by atoms with Gasteiger partial charge in [0.1, 0.15) is 18.0 Å². The van der Waals surface area contributed by atoms with Crippen LogP contribution in [-0.4, -0.2) is 48.2 Å². The second-order valence-electron chi connectivity index (χ2n) is 4.40. The molecule has 18 heavy (non-hydrogen) atoms. The fraction of sp³-hybridized carbons (Fsp3) is 0.636. The predicted molar refractivity (Wildman–Crippen MR) is 64.8 cm³/mol. The predicted octanol–water partition coefficient (Wildman–Crippen LogP) is -0.613. The normalized spacial score (nSPS) is 23.2. The van der Waals surface area contributed by atoms with Gasteiger partial charge in [-0.3, -0.25) is 9.48 Å². The maximum absolute atomic E-state index is 11.7. The van der Waals surface area contributed by atoms with Gasteiger partial charge in [0.2, 0.25) is 5.91 Å². The van der Waals surface area contributed by atoms with E-state index in [1.807, 2.05) is 0 Å². The molecule has 7 nitrogen and oxygen atoms in total. The molecule has 7 heteroatoms. The van der Waals surface area contributed by atoms with E-state index in [9.17, 15) is 4.79 Å². The molecule has 1 atom stereocenters. The lowest BCUT2D eigenvalue weighted by Crippen LogP contribution is -2.45. The van der Waals surface area contributed by atoms with Crippen LogP contribution in [0.2, 0.25) is 0 Å². The number of nitrogen functional groups attached to an aromatic ring is 1. The summed E-state index contributed by atoms with van der Waals surface area (Å²) in [6.07, 6.45) is 2.46. The third-order valence-electron chi connectivity index (χ3n) is 3.07. The minimum atomic E-state index is -0.390. The van der Waals surface area contributed by atoms with Gasteiger partial charge in [0.05, 0.1) is 6.61 Å². The Bertz CT molecular complexity index is 412. The number of carbonyl (C=O) groups is 1. The number of aromatic nitrogens is 2. The van der Waals surface area contributed by atoms with Crippen LogP contribution in [0.1, 0.15) is 6.42 Å². The smallest absolute Gasteiger partial charge is 0.241 e. The lowest BCUT2D eigenvalue weighted by Gasteiger charge is -2.25. The number of carbonyl (C=O) groups excluding carboxylic acids is 1. The lowest BCUT2D eigenvalue weighted by atomic mass is 10.0. The zero-order chi connectivity index (χ0) is 13.0. The molecule has 0 aliphatic carbocycles. The number of rotatable bonds is 5. The summed E-state index contributed by atoms with van der Waals surface area (Å²) in [5.74, 6) is 0.279. The van der Waals surface area contributed by atoms with E-state index in [4.69, 9.17) is 15.2 Å². The average Bonchev–Trinajstić information content (AvgIpc) is 2.97. The van der Waals surface area contributed by atoms with Gasteiger partial charge in [0, 0.05) is 32.9 Å². The Labute approximate surface area is 105 Å². The number of anilines is 1. The molecule has 1 aromatic rings. The molecule has 1 aliphatic rings. The summed E-state index contributed by atoms with van der Waals surface area (Å²) in [5, 5.41) is 6.77. The highest BCUT2D eigenvalue weighted by Gasteiger charge is 2.35. The van der Waals surface area contributed by atoms with Crippen LogP contribution in [-0.2, 0) is 20.8 Å². The molecule has 1 fully saturated rings. The Kier molecular flexibility index (Phi) is 3.83. The average molecular weight is 254 g/mol. The van der Waals surface area contributed by atoms with E-state index in [1.165, 1.54) is 4.68 Å². The monoisotopic (exact) mass is 254 g/mol. The van der Waals surface area contributed by atoms with Crippen molar-refractivity contribution in [2.24, 2.45) is 0 Å². The maximum Gasteiger partial charge on any atom is 0.241 e. The molecule has 2 heterocycles. The van der Waals surface area contributed by atoms with Crippen LogP contribution < -0.4 is 11.1 Å². The van der Waals surface area contributed by atoms with E-state index in [1.54, 1.807) is 19.4 Å². The number of amides is 1. The summed E-state index contributed by atoms with van der Waals surface area (Å²) in [4.78, 5) is 11.7. The van der Waals surface area contributed by atoms with E-state index in [2.05, 4.69) is 10.4 Å². The SMILES string of the molecule is COC1(CNC(=O)Cn2ccc(N)n2)CCOC1. The van der Waals surface area contributed by atoms with Crippen LogP contribution in [0.15, 0.2) is 12.3 Å². The molecule has 2 rings (SSSR count). The van der Waals surface area contributed by atoms with E-state index in [-0.39, 0.29) is 12.5 Å². The zero-order valence-corrected chi connectivity index (χ0v) is 10.4. The molecule has 3 N–H and O–H groups in total. The molecule has 1 amide bonds. The summed E-state index contributed by atoms with van der Waals surface area (Å²) < 4.78 is 12.2. The third-order valence-corrected chi connectivity index (χ3v) is 3.07. The van der Waals surface area contributed by atoms with Crippen molar-refractivity contribution in [2.45, 2.75) is 18.6 Å². The van der Waals surface area contributed by atoms with Crippen molar-refractivity contribution < 1.29 is 14.3 Å². The maximum atomic E-state index is 11.7. The molecule has 1 aromatic heterocycles. The van der Waals surface area contributed by atoms with Gasteiger partial charge in [0.25, 0.3) is 0 Å². The number of nitrogens with two attached hydrogens (primary N) is 1. The molecule has 1 saturated heterocycles. The van der Waals surface area contributed by atoms with Crippen LogP contribution in [0, 0.1) is 0 Å². The van der Waals surface area contributed by atoms with Gasteiger partial charge < -0.3 is 20.5 Å². The second-order valence-corrected chi connectivity index (χ2v) is 4.40. The minimum Gasteiger partial charge on any atom is -0.382 e.